The first kappa shape index (κ1) is 14.9. The van der Waals surface area contributed by atoms with E-state index in [0.717, 1.165) is 30.7 Å². The number of amides is 2. The van der Waals surface area contributed by atoms with Crippen molar-refractivity contribution in [3.63, 3.8) is 0 Å². The number of aromatic amines is 1. The molecule has 1 aliphatic heterocycles. The van der Waals surface area contributed by atoms with Crippen LogP contribution in [-0.2, 0) is 13.0 Å². The molecule has 0 atom stereocenters. The summed E-state index contributed by atoms with van der Waals surface area (Å²) < 4.78 is 0. The van der Waals surface area contributed by atoms with Gasteiger partial charge in [0.15, 0.2) is 0 Å². The molecule has 22 heavy (non-hydrogen) atoms. The van der Waals surface area contributed by atoms with Gasteiger partial charge in [-0.05, 0) is 44.5 Å². The molecule has 2 aromatic rings. The van der Waals surface area contributed by atoms with Gasteiger partial charge in [0.25, 0.3) is 0 Å². The Kier molecular flexibility index (Phi) is 4.07. The molecule has 5 heteroatoms. The topological polar surface area (TPSA) is 60.2 Å². The predicted molar refractivity (Wildman–Crippen MR) is 90.2 cm³/mol. The molecule has 1 aromatic carbocycles. The summed E-state index contributed by atoms with van der Waals surface area (Å²) in [5, 5.41) is 6.86. The number of urea groups is 1. The Bertz CT molecular complexity index is 689. The molecule has 0 saturated heterocycles. The minimum Gasteiger partial charge on any atom is -0.358 e. The number of carbonyl (C=O) groups excluding carboxylic acids is 1. The highest BCUT2D eigenvalue weighted by Crippen LogP contribution is 2.30. The Morgan fingerprint density at radius 2 is 2.23 bits per heavy atom. The second kappa shape index (κ2) is 6.01. The van der Waals surface area contributed by atoms with E-state index in [4.69, 9.17) is 0 Å². The van der Waals surface area contributed by atoms with E-state index in [0.29, 0.717) is 12.6 Å². The Hall–Kier alpha value is -2.01. The van der Waals surface area contributed by atoms with Crippen LogP contribution < -0.4 is 10.6 Å². The number of carbonyl (C=O) groups is 1. The standard InChI is InChI=1S/C17H24N4O/c1-4-18-17(22)19-12-5-6-15-13(9-12)14-10-21(11(2)3)8-7-16(14)20-15/h5-6,9,11,20H,4,7-8,10H2,1-3H3,(H2,18,19,22). The van der Waals surface area contributed by atoms with Crippen LogP contribution in [0.25, 0.3) is 10.9 Å². The number of fused-ring (bicyclic) bond motifs is 3. The molecule has 3 N–H and O–H groups in total. The Balaban J connectivity index is 1.91. The maximum absolute atomic E-state index is 11.7. The quantitative estimate of drug-likeness (QED) is 0.816. The van der Waals surface area contributed by atoms with Crippen LogP contribution in [-0.4, -0.2) is 35.0 Å². The zero-order valence-corrected chi connectivity index (χ0v) is 13.5. The number of rotatable bonds is 3. The minimum absolute atomic E-state index is 0.157. The van der Waals surface area contributed by atoms with Gasteiger partial charge < -0.3 is 15.6 Å². The summed E-state index contributed by atoms with van der Waals surface area (Å²) in [6, 6.07) is 6.46. The summed E-state index contributed by atoms with van der Waals surface area (Å²) in [6.45, 7) is 9.08. The number of hydrogen-bond acceptors (Lipinski definition) is 2. The van der Waals surface area contributed by atoms with Crippen LogP contribution >= 0.6 is 0 Å². The van der Waals surface area contributed by atoms with Crippen molar-refractivity contribution in [2.45, 2.75) is 39.8 Å². The fourth-order valence-corrected chi connectivity index (χ4v) is 3.09. The average Bonchev–Trinajstić information content (AvgIpc) is 2.84. The number of nitrogens with zero attached hydrogens (tertiary/aromatic N) is 1. The molecular weight excluding hydrogens is 276 g/mol. The lowest BCUT2D eigenvalue weighted by Crippen LogP contribution is -2.35. The monoisotopic (exact) mass is 300 g/mol. The Labute approximate surface area is 131 Å². The summed E-state index contributed by atoms with van der Waals surface area (Å²) in [6.07, 6.45) is 1.06. The fourth-order valence-electron chi connectivity index (χ4n) is 3.09. The largest absolute Gasteiger partial charge is 0.358 e. The van der Waals surface area contributed by atoms with E-state index in [1.54, 1.807) is 0 Å². The van der Waals surface area contributed by atoms with Crippen molar-refractivity contribution < 1.29 is 4.79 Å². The molecule has 0 fully saturated rings. The summed E-state index contributed by atoms with van der Waals surface area (Å²) in [7, 11) is 0. The maximum Gasteiger partial charge on any atom is 0.319 e. The van der Waals surface area contributed by atoms with Gasteiger partial charge in [-0.2, -0.15) is 0 Å². The molecule has 0 radical (unpaired) electrons. The molecule has 0 unspecified atom stereocenters. The van der Waals surface area contributed by atoms with Gasteiger partial charge >= 0.3 is 6.03 Å². The molecule has 118 valence electrons. The highest BCUT2D eigenvalue weighted by Gasteiger charge is 2.22. The average molecular weight is 300 g/mol. The third-order valence-corrected chi connectivity index (χ3v) is 4.33. The van der Waals surface area contributed by atoms with Crippen molar-refractivity contribution in [2.75, 3.05) is 18.4 Å². The smallest absolute Gasteiger partial charge is 0.319 e. The number of H-pyrrole nitrogens is 1. The zero-order valence-electron chi connectivity index (χ0n) is 13.5. The lowest BCUT2D eigenvalue weighted by atomic mass is 10.0. The van der Waals surface area contributed by atoms with Crippen LogP contribution in [0.3, 0.4) is 0 Å². The highest BCUT2D eigenvalue weighted by atomic mass is 16.2. The van der Waals surface area contributed by atoms with Crippen LogP contribution in [0.2, 0.25) is 0 Å². The van der Waals surface area contributed by atoms with E-state index in [1.807, 2.05) is 13.0 Å². The molecule has 0 aliphatic carbocycles. The van der Waals surface area contributed by atoms with Gasteiger partial charge in [0.05, 0.1) is 0 Å². The summed E-state index contributed by atoms with van der Waals surface area (Å²) in [4.78, 5) is 17.7. The first-order chi connectivity index (χ1) is 10.6. The van der Waals surface area contributed by atoms with Crippen molar-refractivity contribution in [1.82, 2.24) is 15.2 Å². The van der Waals surface area contributed by atoms with Crippen molar-refractivity contribution in [3.05, 3.63) is 29.5 Å². The van der Waals surface area contributed by atoms with Crippen LogP contribution in [0.15, 0.2) is 18.2 Å². The predicted octanol–water partition coefficient (Wildman–Crippen LogP) is 3.08. The second-order valence-corrected chi connectivity index (χ2v) is 6.14. The van der Waals surface area contributed by atoms with Crippen LogP contribution in [0.1, 0.15) is 32.0 Å². The van der Waals surface area contributed by atoms with Crippen molar-refractivity contribution in [1.29, 1.82) is 0 Å². The van der Waals surface area contributed by atoms with Gasteiger partial charge in [-0.3, -0.25) is 4.90 Å². The number of aromatic nitrogens is 1. The molecule has 0 bridgehead atoms. The molecule has 0 saturated carbocycles. The van der Waals surface area contributed by atoms with Gasteiger partial charge in [0.2, 0.25) is 0 Å². The first-order valence-electron chi connectivity index (χ1n) is 8.01. The Morgan fingerprint density at radius 1 is 1.41 bits per heavy atom. The van der Waals surface area contributed by atoms with E-state index in [-0.39, 0.29) is 6.03 Å². The van der Waals surface area contributed by atoms with Gasteiger partial charge in [0.1, 0.15) is 0 Å². The van der Waals surface area contributed by atoms with E-state index in [2.05, 4.69) is 46.5 Å². The van der Waals surface area contributed by atoms with Gasteiger partial charge in [-0.15, -0.1) is 0 Å². The lowest BCUT2D eigenvalue weighted by molar-refractivity contribution is 0.203. The van der Waals surface area contributed by atoms with Gasteiger partial charge in [-0.1, -0.05) is 0 Å². The van der Waals surface area contributed by atoms with E-state index in [9.17, 15) is 4.79 Å². The Morgan fingerprint density at radius 3 is 2.95 bits per heavy atom. The van der Waals surface area contributed by atoms with Gasteiger partial charge in [0, 0.05) is 54.4 Å². The van der Waals surface area contributed by atoms with E-state index in [1.165, 1.54) is 16.6 Å². The number of benzene rings is 1. The molecule has 1 aliphatic rings. The number of nitrogens with one attached hydrogen (secondary N) is 3. The third-order valence-electron chi connectivity index (χ3n) is 4.33. The van der Waals surface area contributed by atoms with Crippen LogP contribution in [0.5, 0.6) is 0 Å². The van der Waals surface area contributed by atoms with Crippen molar-refractivity contribution in [3.8, 4) is 0 Å². The van der Waals surface area contributed by atoms with Crippen molar-refractivity contribution in [2.24, 2.45) is 0 Å². The SMILES string of the molecule is CCNC(=O)Nc1ccc2[nH]c3c(c2c1)CN(C(C)C)CC3. The number of anilines is 1. The van der Waals surface area contributed by atoms with E-state index < -0.39 is 0 Å². The van der Waals surface area contributed by atoms with Crippen molar-refractivity contribution >= 4 is 22.6 Å². The number of hydrogen-bond donors (Lipinski definition) is 3. The fraction of sp³-hybridized carbons (Fsp3) is 0.471. The van der Waals surface area contributed by atoms with Crippen LogP contribution in [0.4, 0.5) is 10.5 Å². The molecule has 2 amide bonds. The minimum atomic E-state index is -0.157. The highest BCUT2D eigenvalue weighted by molar-refractivity contribution is 5.94. The van der Waals surface area contributed by atoms with Crippen LogP contribution in [0, 0.1) is 0 Å². The molecule has 3 rings (SSSR count). The molecular formula is C17H24N4O. The summed E-state index contributed by atoms with van der Waals surface area (Å²) in [5.41, 5.74) is 4.69. The normalized spacial score (nSPS) is 15.1. The molecule has 1 aromatic heterocycles. The molecule has 5 nitrogen and oxygen atoms in total. The second-order valence-electron chi connectivity index (χ2n) is 6.14. The molecule has 2 heterocycles. The lowest BCUT2D eigenvalue weighted by Gasteiger charge is -2.30. The summed E-state index contributed by atoms with van der Waals surface area (Å²) in [5.74, 6) is 0. The maximum atomic E-state index is 11.7. The summed E-state index contributed by atoms with van der Waals surface area (Å²) >= 11 is 0. The van der Waals surface area contributed by atoms with Gasteiger partial charge in [-0.25, -0.2) is 4.79 Å². The first-order valence-corrected chi connectivity index (χ1v) is 8.01. The van der Waals surface area contributed by atoms with E-state index >= 15 is 0 Å². The molecule has 0 spiro atoms. The zero-order chi connectivity index (χ0) is 15.7. The third kappa shape index (κ3) is 2.81.